The highest BCUT2D eigenvalue weighted by Gasteiger charge is 2.22. The highest BCUT2D eigenvalue weighted by Crippen LogP contribution is 2.17. The smallest absolute Gasteiger partial charge is 0.246 e. The second kappa shape index (κ2) is 32.2. The maximum Gasteiger partial charge on any atom is 0.246 e. The first-order chi connectivity index (χ1) is 22.3. The van der Waals surface area contributed by atoms with E-state index in [2.05, 4.69) is 69.3 Å². The fourth-order valence-electron chi connectivity index (χ4n) is 4.07. The number of hydrogen-bond donors (Lipinski definition) is 1. The summed E-state index contributed by atoms with van der Waals surface area (Å²) in [6, 6.07) is 9.82. The van der Waals surface area contributed by atoms with Gasteiger partial charge < -0.3 is 20.2 Å². The van der Waals surface area contributed by atoms with Crippen molar-refractivity contribution in [2.75, 3.05) is 20.2 Å². The van der Waals surface area contributed by atoms with Crippen LogP contribution in [0.4, 0.5) is 0 Å². The van der Waals surface area contributed by atoms with Crippen molar-refractivity contribution in [2.24, 2.45) is 16.8 Å². The second-order valence-corrected chi connectivity index (χ2v) is 10.6. The Balaban J connectivity index is 0. The minimum atomic E-state index is -0.515. The highest BCUT2D eigenvalue weighted by molar-refractivity contribution is 5.79. The van der Waals surface area contributed by atoms with Crippen LogP contribution in [0.15, 0.2) is 96.8 Å². The topological polar surface area (TPSA) is 94.2 Å². The molecule has 7 heteroatoms. The Morgan fingerprint density at radius 2 is 1.87 bits per heavy atom. The molecule has 1 aromatic rings. The van der Waals surface area contributed by atoms with Crippen LogP contribution in [-0.2, 0) is 25.8 Å². The summed E-state index contributed by atoms with van der Waals surface area (Å²) in [6.07, 6.45) is 31.9. The Kier molecular flexibility index (Phi) is 30.8. The van der Waals surface area contributed by atoms with E-state index in [4.69, 9.17) is 15.3 Å². The molecule has 1 heterocycles. The van der Waals surface area contributed by atoms with Gasteiger partial charge in [-0.15, -0.1) is 19.4 Å². The molecule has 1 aliphatic rings. The summed E-state index contributed by atoms with van der Waals surface area (Å²) < 4.78 is 4.95. The Morgan fingerprint density at radius 3 is 2.48 bits per heavy atom. The number of methoxy groups -OCH3 is 1. The zero-order chi connectivity index (χ0) is 34.8. The Labute approximate surface area is 280 Å². The molecule has 0 bridgehead atoms. The lowest BCUT2D eigenvalue weighted by molar-refractivity contribution is -0.134. The first-order valence-corrected chi connectivity index (χ1v) is 16.1. The Bertz CT molecular complexity index is 1070. The summed E-state index contributed by atoms with van der Waals surface area (Å²) in [5, 5.41) is 3.85. The minimum Gasteiger partial charge on any atom is -0.391 e. The minimum absolute atomic E-state index is 0.229. The summed E-state index contributed by atoms with van der Waals surface area (Å²) in [6.45, 7) is 15.8. The van der Waals surface area contributed by atoms with E-state index < -0.39 is 12.0 Å². The molecule has 2 unspecified atom stereocenters. The lowest BCUT2D eigenvalue weighted by Crippen LogP contribution is -2.34. The van der Waals surface area contributed by atoms with Gasteiger partial charge in [-0.1, -0.05) is 104 Å². The molecule has 7 nitrogen and oxygen atoms in total. The number of terminal acetylenes is 1. The van der Waals surface area contributed by atoms with Crippen molar-refractivity contribution in [3.05, 3.63) is 97.2 Å². The highest BCUT2D eigenvalue weighted by atomic mass is 16.6. The van der Waals surface area contributed by atoms with Crippen molar-refractivity contribution >= 4 is 18.0 Å². The normalized spacial score (nSPS) is 15.4. The van der Waals surface area contributed by atoms with Gasteiger partial charge in [0.2, 0.25) is 11.8 Å². The first-order valence-electron chi connectivity index (χ1n) is 16.1. The maximum atomic E-state index is 11.7. The monoisotopic (exact) mass is 633 g/mol. The predicted molar refractivity (Wildman–Crippen MR) is 195 cm³/mol. The lowest BCUT2D eigenvalue weighted by Gasteiger charge is -2.21. The van der Waals surface area contributed by atoms with Gasteiger partial charge in [-0.3, -0.25) is 9.59 Å². The van der Waals surface area contributed by atoms with Gasteiger partial charge in [0.15, 0.2) is 0 Å². The van der Waals surface area contributed by atoms with Gasteiger partial charge >= 0.3 is 0 Å². The van der Waals surface area contributed by atoms with Gasteiger partial charge in [0, 0.05) is 32.3 Å². The molecule has 0 aliphatic carbocycles. The lowest BCUT2D eigenvalue weighted by atomic mass is 10.1. The van der Waals surface area contributed by atoms with Crippen molar-refractivity contribution in [3.63, 3.8) is 0 Å². The SMILES string of the molecule is C#C.C=C/C=C\C/C=C\C/C(C)=C/C.C=CCCN1CCCCC(C)C1=O.COC(CCC/C=N/OCc1ccccc1)C(N)=O. The number of benzene rings is 1. The van der Waals surface area contributed by atoms with Crippen LogP contribution in [0.1, 0.15) is 84.1 Å². The maximum absolute atomic E-state index is 11.7. The van der Waals surface area contributed by atoms with Crippen LogP contribution in [-0.4, -0.2) is 49.2 Å². The second-order valence-electron chi connectivity index (χ2n) is 10.6. The molecule has 2 atom stereocenters. The van der Waals surface area contributed by atoms with Gasteiger partial charge in [-0.05, 0) is 70.8 Å². The molecular weight excluding hydrogens is 574 g/mol. The van der Waals surface area contributed by atoms with E-state index >= 15 is 0 Å². The average Bonchev–Trinajstić information content (AvgIpc) is 3.24. The van der Waals surface area contributed by atoms with Crippen LogP contribution in [0.2, 0.25) is 0 Å². The molecule has 1 saturated heterocycles. The number of primary amides is 1. The molecule has 0 radical (unpaired) electrons. The number of ether oxygens (including phenoxy) is 1. The number of likely N-dealkylation sites (tertiary alicyclic amines) is 1. The molecule has 2 N–H and O–H groups in total. The van der Waals surface area contributed by atoms with Crippen molar-refractivity contribution in [3.8, 4) is 12.8 Å². The van der Waals surface area contributed by atoms with Gasteiger partial charge in [-0.25, -0.2) is 0 Å². The summed E-state index contributed by atoms with van der Waals surface area (Å²) in [5.41, 5.74) is 7.64. The standard InChI is InChI=1S/C14H20N2O3.C12H18.C11H19NO.C2H2/c1-18-13(14(15)17)9-5-6-10-16-19-11-12-7-3-2-4-8-12;1-4-6-7-8-9-10-11-12(3)5-2;1-3-4-8-12-9-6-5-7-10(2)11(12)13;1-2/h2-4,7-8,10,13H,5-6,9,11H2,1H3,(H2,15,17);4-7,9-10H,1,8,11H2,2-3H3;3,10H,1,4-9H2,2H3;1-2H/b16-10+;7-6-,10-9-,12-5+;;. The summed E-state index contributed by atoms with van der Waals surface area (Å²) in [5.74, 6) is 0.131. The predicted octanol–water partition coefficient (Wildman–Crippen LogP) is 8.35. The third-order valence-electron chi connectivity index (χ3n) is 6.92. The van der Waals surface area contributed by atoms with Crippen LogP contribution < -0.4 is 5.73 Å². The number of unbranched alkanes of at least 4 members (excludes halogenated alkanes) is 1. The number of oxime groups is 1. The fraction of sp³-hybridized carbons (Fsp3) is 0.462. The van der Waals surface area contributed by atoms with Crippen molar-refractivity contribution < 1.29 is 19.2 Å². The number of amides is 2. The van der Waals surface area contributed by atoms with Crippen LogP contribution in [0.25, 0.3) is 0 Å². The molecule has 0 spiro atoms. The van der Waals surface area contributed by atoms with Crippen LogP contribution in [0, 0.1) is 18.8 Å². The molecule has 1 aromatic carbocycles. The van der Waals surface area contributed by atoms with E-state index in [-0.39, 0.29) is 5.92 Å². The fourth-order valence-corrected chi connectivity index (χ4v) is 4.07. The molecule has 2 amide bonds. The number of allylic oxidation sites excluding steroid dienone is 7. The number of nitrogens with zero attached hydrogens (tertiary/aromatic N) is 2. The summed E-state index contributed by atoms with van der Waals surface area (Å²) in [4.78, 5) is 29.8. The molecule has 2 rings (SSSR count). The molecule has 1 aliphatic heterocycles. The molecule has 46 heavy (non-hydrogen) atoms. The zero-order valence-electron chi connectivity index (χ0n) is 28.8. The van der Waals surface area contributed by atoms with E-state index in [1.807, 2.05) is 54.3 Å². The van der Waals surface area contributed by atoms with Crippen LogP contribution in [0.3, 0.4) is 0 Å². The molecule has 254 valence electrons. The van der Waals surface area contributed by atoms with E-state index in [9.17, 15) is 9.59 Å². The van der Waals surface area contributed by atoms with Gasteiger partial charge in [-0.2, -0.15) is 0 Å². The van der Waals surface area contributed by atoms with E-state index in [1.165, 1.54) is 19.1 Å². The Morgan fingerprint density at radius 1 is 1.15 bits per heavy atom. The van der Waals surface area contributed by atoms with Crippen LogP contribution in [0.5, 0.6) is 0 Å². The van der Waals surface area contributed by atoms with Crippen molar-refractivity contribution in [1.29, 1.82) is 0 Å². The van der Waals surface area contributed by atoms with E-state index in [0.29, 0.717) is 18.9 Å². The van der Waals surface area contributed by atoms with E-state index in [0.717, 1.165) is 63.6 Å². The van der Waals surface area contributed by atoms with E-state index in [1.54, 1.807) is 12.3 Å². The molecular formula is C39H59N3O4. The number of carbonyl (C=O) groups excluding carboxylic acids is 2. The average molecular weight is 634 g/mol. The summed E-state index contributed by atoms with van der Waals surface area (Å²) in [7, 11) is 1.48. The van der Waals surface area contributed by atoms with Crippen LogP contribution >= 0.6 is 0 Å². The third kappa shape index (κ3) is 25.2. The van der Waals surface area contributed by atoms with Gasteiger partial charge in [0.25, 0.3) is 0 Å². The van der Waals surface area contributed by atoms with Crippen molar-refractivity contribution in [2.45, 2.75) is 91.3 Å². The third-order valence-corrected chi connectivity index (χ3v) is 6.92. The molecule has 0 saturated carbocycles. The quantitative estimate of drug-likeness (QED) is 0.0466. The summed E-state index contributed by atoms with van der Waals surface area (Å²) >= 11 is 0. The zero-order valence-corrected chi connectivity index (χ0v) is 28.8. The first kappa shape index (κ1) is 44.0. The molecule has 0 aromatic heterocycles. The number of carbonyl (C=O) groups is 2. The largest absolute Gasteiger partial charge is 0.391 e. The van der Waals surface area contributed by atoms with Gasteiger partial charge in [0.05, 0.1) is 0 Å². The molecule has 1 fully saturated rings. The van der Waals surface area contributed by atoms with Crippen molar-refractivity contribution in [1.82, 2.24) is 4.90 Å². The number of rotatable bonds is 17. The Hall–Kier alpha value is -4.15. The van der Waals surface area contributed by atoms with Gasteiger partial charge in [0.1, 0.15) is 12.7 Å². The number of hydrogen-bond acceptors (Lipinski definition) is 5. The number of nitrogens with two attached hydrogens (primary N) is 1.